The molecule has 12 heterocycles. The molecule has 3 fully saturated rings. The zero-order chi connectivity index (χ0) is 81.8. The van der Waals surface area contributed by atoms with E-state index in [-0.39, 0.29) is 137 Å². The molecule has 116 heavy (non-hydrogen) atoms. The standard InChI is InChI=1S/C28H29FN6O5.C23H21FN6O3.C19H15ClFN3O3.C9H15N3O2.2CH4/c1-28(2,3)40-27(39)34-14-19-25(26(34)38)20(12-18(31-19)24-16(13-30)6-4-7-17(24)29)35-11-9-23(32-35)33-10-5-8-21(36)22(37)15-33;24-14-4-1-3-13(10-25)21(14)15-9-17(22-16(27-15)11-26-23(22)33)30-8-6-20(28-30)29-7-2-5-18(31)19(32)12-29;1-19(2,3)27-18(26)24-9-14-16(17(24)25)11(20)7-13(23-14)15-10(8-22)5-4-6-12(15)21;13-7-2-1-5-12(6-8(7)14)9-3-4-10-11-9;;/h4,6-7,9,11-12,21-22,36-37H,5,8,10,14-15H2,1-3H3;1,3-4,6,8-9,18-19,31-32H,2,5,7,11-12H2,(H,26,33);4-7H,9H2,1-3H3;3-4,7-8,13-14H,1-2,5-6H2,(H,10,11);2*1H4/t21-,22+;18-,19+;;7-,8+;;/m11.1../s1. The number of hydrogen-bond donors (Lipinski definition) is 8. The predicted octanol–water partition coefficient (Wildman–Crippen LogP) is 9.98. The van der Waals surface area contributed by atoms with E-state index in [1.54, 1.807) is 78.3 Å². The van der Waals surface area contributed by atoms with E-state index in [1.165, 1.54) is 76.1 Å². The summed E-state index contributed by atoms with van der Waals surface area (Å²) in [6.07, 6.45) is 2.48. The van der Waals surface area contributed by atoms with Crippen LogP contribution >= 0.6 is 11.6 Å². The van der Waals surface area contributed by atoms with Crippen molar-refractivity contribution in [3.63, 3.8) is 0 Å². The van der Waals surface area contributed by atoms with Gasteiger partial charge in [-0.1, -0.05) is 44.7 Å². The molecule has 5 amide bonds. The fourth-order valence-electron chi connectivity index (χ4n) is 13.7. The number of nitrogens with zero attached hydrogens (tertiary/aromatic N) is 16. The Morgan fingerprint density at radius 3 is 1.32 bits per heavy atom. The van der Waals surface area contributed by atoms with Crippen LogP contribution in [-0.2, 0) is 29.1 Å². The van der Waals surface area contributed by atoms with Crippen molar-refractivity contribution >= 4 is 59.0 Å². The van der Waals surface area contributed by atoms with E-state index in [0.717, 1.165) is 28.6 Å². The lowest BCUT2D eigenvalue weighted by molar-refractivity contribution is 0.0230. The van der Waals surface area contributed by atoms with Crippen LogP contribution in [0.3, 0.4) is 0 Å². The largest absolute Gasteiger partial charge is 0.443 e. The summed E-state index contributed by atoms with van der Waals surface area (Å²) in [5, 5.41) is 107. The van der Waals surface area contributed by atoms with Gasteiger partial charge in [-0.05, 0) is 135 Å². The highest BCUT2D eigenvalue weighted by molar-refractivity contribution is 6.35. The molecular formula is C81H88ClF3N18O13. The molecule has 15 rings (SSSR count). The molecule has 3 aromatic carbocycles. The number of nitrogens with one attached hydrogen (secondary N) is 2. The van der Waals surface area contributed by atoms with Crippen LogP contribution in [0.25, 0.3) is 45.1 Å². The number of imide groups is 2. The number of hydrogen-bond acceptors (Lipinski definition) is 25. The highest BCUT2D eigenvalue weighted by atomic mass is 35.5. The number of amides is 5. The lowest BCUT2D eigenvalue weighted by Crippen LogP contribution is -2.37. The molecule has 608 valence electrons. The summed E-state index contributed by atoms with van der Waals surface area (Å²) in [5.74, 6) is -1.47. The first-order chi connectivity index (χ1) is 54.3. The van der Waals surface area contributed by atoms with E-state index in [2.05, 4.69) is 40.7 Å². The highest BCUT2D eigenvalue weighted by Gasteiger charge is 2.42. The Hall–Kier alpha value is -12.2. The number of benzene rings is 3. The minimum absolute atomic E-state index is 0. The van der Waals surface area contributed by atoms with Crippen LogP contribution in [0.15, 0.2) is 110 Å². The van der Waals surface area contributed by atoms with Crippen LogP contribution in [0.1, 0.15) is 160 Å². The van der Waals surface area contributed by atoms with E-state index in [4.69, 9.17) is 21.1 Å². The maximum absolute atomic E-state index is 15.0. The van der Waals surface area contributed by atoms with E-state index in [9.17, 15) is 79.2 Å². The summed E-state index contributed by atoms with van der Waals surface area (Å²) in [7, 11) is 0. The summed E-state index contributed by atoms with van der Waals surface area (Å²) in [6, 6.07) is 28.0. The average molecular weight is 1610 g/mol. The second kappa shape index (κ2) is 36.1. The molecule has 0 aliphatic carbocycles. The molecule has 0 radical (unpaired) electrons. The second-order valence-electron chi connectivity index (χ2n) is 29.6. The Bertz CT molecular complexity index is 5300. The molecule has 0 saturated carbocycles. The number of fused-ring (bicyclic) bond motifs is 3. The number of halogens is 4. The number of pyridine rings is 3. The molecule has 35 heteroatoms. The summed E-state index contributed by atoms with van der Waals surface area (Å²) < 4.78 is 57.6. The minimum Gasteiger partial charge on any atom is -0.443 e. The summed E-state index contributed by atoms with van der Waals surface area (Å²) in [5.41, 5.74) is 1.22. The van der Waals surface area contributed by atoms with Crippen LogP contribution < -0.4 is 20.0 Å². The third-order valence-corrected chi connectivity index (χ3v) is 19.5. The number of aromatic nitrogens is 9. The quantitative estimate of drug-likeness (QED) is 0.0701. The first kappa shape index (κ1) is 86.2. The van der Waals surface area contributed by atoms with Gasteiger partial charge in [0.2, 0.25) is 0 Å². The molecule has 6 aliphatic heterocycles. The van der Waals surface area contributed by atoms with Gasteiger partial charge in [-0.25, -0.2) is 56.9 Å². The fraction of sp³-hybridized carbons (Fsp3) is 0.383. The number of rotatable bonds is 8. The van der Waals surface area contributed by atoms with Gasteiger partial charge in [0, 0.05) is 69.9 Å². The smallest absolute Gasteiger partial charge is 0.417 e. The van der Waals surface area contributed by atoms with Gasteiger partial charge in [0.1, 0.15) is 34.5 Å². The van der Waals surface area contributed by atoms with Crippen molar-refractivity contribution in [2.24, 2.45) is 0 Å². The number of H-pyrrole nitrogens is 1. The van der Waals surface area contributed by atoms with Crippen molar-refractivity contribution in [1.29, 1.82) is 15.8 Å². The van der Waals surface area contributed by atoms with Gasteiger partial charge >= 0.3 is 12.2 Å². The highest BCUT2D eigenvalue weighted by Crippen LogP contribution is 2.39. The molecule has 31 nitrogen and oxygen atoms in total. The molecule has 0 bridgehead atoms. The zero-order valence-electron chi connectivity index (χ0n) is 62.7. The van der Waals surface area contributed by atoms with Crippen LogP contribution in [0.2, 0.25) is 5.02 Å². The maximum atomic E-state index is 15.0. The Labute approximate surface area is 671 Å². The Balaban J connectivity index is 0.000000170. The first-order valence-electron chi connectivity index (χ1n) is 36.5. The average Bonchev–Trinajstić information content (AvgIpc) is 1.59. The number of β-amino-alcohol motifs (C(OH)–C–C–N with tert-alkyl or cyclic N) is 3. The van der Waals surface area contributed by atoms with Gasteiger partial charge < -0.3 is 60.1 Å². The van der Waals surface area contributed by atoms with E-state index in [1.807, 2.05) is 39.0 Å². The summed E-state index contributed by atoms with van der Waals surface area (Å²) >= 11 is 6.23. The summed E-state index contributed by atoms with van der Waals surface area (Å²) in [4.78, 5) is 84.6. The van der Waals surface area contributed by atoms with E-state index < -0.39 is 89.3 Å². The van der Waals surface area contributed by atoms with Gasteiger partial charge in [-0.15, -0.1) is 0 Å². The topological polar surface area (TPSA) is 428 Å². The number of carbonyl (C=O) groups excluding carboxylic acids is 5. The third-order valence-electron chi connectivity index (χ3n) is 19.2. The lowest BCUT2D eigenvalue weighted by atomic mass is 10.0. The number of aromatic amines is 1. The Kier molecular flexibility index (Phi) is 26.8. The van der Waals surface area contributed by atoms with Gasteiger partial charge in [-0.3, -0.25) is 19.5 Å². The van der Waals surface area contributed by atoms with Crippen molar-refractivity contribution in [2.75, 3.05) is 54.0 Å². The Morgan fingerprint density at radius 2 is 0.905 bits per heavy atom. The van der Waals surface area contributed by atoms with Crippen molar-refractivity contribution in [1.82, 2.24) is 59.8 Å². The number of ether oxygens (including phenoxy) is 2. The Morgan fingerprint density at radius 1 is 0.517 bits per heavy atom. The molecule has 9 aromatic rings. The minimum atomic E-state index is -0.946. The van der Waals surface area contributed by atoms with E-state index >= 15 is 4.39 Å². The monoisotopic (exact) mass is 1610 g/mol. The van der Waals surface area contributed by atoms with Gasteiger partial charge in [-0.2, -0.15) is 31.1 Å². The van der Waals surface area contributed by atoms with Crippen molar-refractivity contribution in [2.45, 2.75) is 162 Å². The summed E-state index contributed by atoms with van der Waals surface area (Å²) in [6.45, 7) is 12.8. The van der Waals surface area contributed by atoms with Crippen molar-refractivity contribution < 1.29 is 77.3 Å². The molecule has 3 saturated heterocycles. The zero-order valence-corrected chi connectivity index (χ0v) is 63.4. The molecule has 8 N–H and O–H groups in total. The molecular weight excluding hydrogens is 1530 g/mol. The molecule has 6 aliphatic rings. The van der Waals surface area contributed by atoms with Gasteiger partial charge in [0.05, 0.1) is 181 Å². The van der Waals surface area contributed by atoms with Crippen LogP contribution in [0.4, 0.5) is 40.2 Å². The molecule has 0 unspecified atom stereocenters. The number of anilines is 3. The molecule has 0 spiro atoms. The number of aliphatic hydroxyl groups excluding tert-OH is 6. The third kappa shape index (κ3) is 18.9. The van der Waals surface area contributed by atoms with Crippen LogP contribution in [0.5, 0.6) is 0 Å². The molecule has 6 aromatic heterocycles. The SMILES string of the molecule is C.C.CC(C)(C)OC(=O)N1Cc2nc(-c3c(F)cccc3C#N)cc(-n3ccc(N4CCC[C@@H](O)[C@@H](O)C4)n3)c2C1=O.CC(C)(C)OC(=O)N1Cc2nc(-c3c(F)cccc3C#N)cc(Cl)c2C1=O.N#Cc1cccc(F)c1-c1cc(-n2ccc(N3CCC[C@@H](O)[C@@H](O)C3)n2)c2c(n1)CNC2=O.O[C@@H]1CCCN(c2ccn[nH]2)C[C@@H]1O. The number of aliphatic hydroxyl groups is 6. The second-order valence-corrected chi connectivity index (χ2v) is 30.0. The van der Waals surface area contributed by atoms with Gasteiger partial charge in [0.25, 0.3) is 17.7 Å². The van der Waals surface area contributed by atoms with E-state index in [0.29, 0.717) is 80.3 Å². The van der Waals surface area contributed by atoms with Crippen LogP contribution in [0, 0.1) is 51.4 Å². The van der Waals surface area contributed by atoms with Crippen LogP contribution in [-0.4, -0.2) is 202 Å². The van der Waals surface area contributed by atoms with Gasteiger partial charge in [0.15, 0.2) is 11.6 Å². The van der Waals surface area contributed by atoms with Crippen molar-refractivity contribution in [3.8, 4) is 63.4 Å². The maximum Gasteiger partial charge on any atom is 0.417 e. The normalized spacial score (nSPS) is 19.0. The van der Waals surface area contributed by atoms with Crippen molar-refractivity contribution in [3.05, 3.63) is 183 Å². The fourth-order valence-corrected chi connectivity index (χ4v) is 14.0. The number of nitriles is 3. The predicted molar refractivity (Wildman–Crippen MR) is 418 cm³/mol. The number of carbonyl (C=O) groups is 5. The first-order valence-corrected chi connectivity index (χ1v) is 36.9. The lowest BCUT2D eigenvalue weighted by Gasteiger charge is -2.23. The molecule has 6 atom stereocenters.